The Morgan fingerprint density at radius 2 is 1.80 bits per heavy atom. The number of carbonyl (C=O) groups is 1. The molecule has 6 nitrogen and oxygen atoms in total. The smallest absolute Gasteiger partial charge is 0.315 e. The lowest BCUT2D eigenvalue weighted by atomic mass is 10.1. The van der Waals surface area contributed by atoms with Crippen LogP contribution in [0.4, 0.5) is 11.4 Å². The molecule has 0 amide bonds. The van der Waals surface area contributed by atoms with Crippen molar-refractivity contribution in [2.24, 2.45) is 4.58 Å². The Morgan fingerprint density at radius 3 is 2.49 bits per heavy atom. The van der Waals surface area contributed by atoms with E-state index < -0.39 is 0 Å². The van der Waals surface area contributed by atoms with Gasteiger partial charge in [0.05, 0.1) is 17.1 Å². The van der Waals surface area contributed by atoms with E-state index in [1.54, 1.807) is 12.1 Å². The van der Waals surface area contributed by atoms with E-state index in [2.05, 4.69) is 14.8 Å². The Bertz CT molecular complexity index is 1150. The highest BCUT2D eigenvalue weighted by molar-refractivity contribution is 7.99. The fourth-order valence-corrected chi connectivity index (χ4v) is 4.60. The zero-order valence-corrected chi connectivity index (χ0v) is 21.9. The minimum atomic E-state index is -0.347. The van der Waals surface area contributed by atoms with Crippen LogP contribution in [-0.2, 0) is 17.8 Å². The van der Waals surface area contributed by atoms with E-state index in [0.29, 0.717) is 23.9 Å². The van der Waals surface area contributed by atoms with E-state index in [1.807, 2.05) is 82.4 Å². The summed E-state index contributed by atoms with van der Waals surface area (Å²) in [5.41, 5.74) is 4.55. The van der Waals surface area contributed by atoms with Crippen LogP contribution in [0.2, 0.25) is 5.02 Å². The van der Waals surface area contributed by atoms with Gasteiger partial charge in [-0.3, -0.25) is 4.79 Å². The number of anilines is 2. The molecule has 0 spiro atoms. The largest absolute Gasteiger partial charge is 0.426 e. The van der Waals surface area contributed by atoms with Gasteiger partial charge in [0, 0.05) is 40.1 Å². The van der Waals surface area contributed by atoms with Crippen LogP contribution in [0.3, 0.4) is 0 Å². The molecule has 0 unspecified atom stereocenters. The zero-order chi connectivity index (χ0) is 25.4. The second-order valence-corrected chi connectivity index (χ2v) is 11.0. The molecule has 0 heterocycles. The van der Waals surface area contributed by atoms with E-state index in [1.165, 1.54) is 0 Å². The van der Waals surface area contributed by atoms with Crippen LogP contribution < -0.4 is 10.1 Å². The lowest BCUT2D eigenvalue weighted by molar-refractivity contribution is -0.133. The standard InChI is InChI=1S/C27H30ClN3O3S/c1-19-8-7-10-23(28)26(19)29-24-11-6-5-9-21(24)16-25(32)34-22-14-12-20(13-15-22)17-31(4)18-27(2,3)35-30-33/h5-15,29H,16-18H2,1-4H3. The minimum Gasteiger partial charge on any atom is -0.426 e. The zero-order valence-electron chi connectivity index (χ0n) is 20.4. The van der Waals surface area contributed by atoms with Gasteiger partial charge < -0.3 is 15.0 Å². The van der Waals surface area contributed by atoms with E-state index >= 15 is 0 Å². The first-order valence-corrected chi connectivity index (χ1v) is 12.4. The van der Waals surface area contributed by atoms with Gasteiger partial charge in [-0.15, -0.1) is 4.91 Å². The molecule has 0 saturated carbocycles. The number of para-hydroxylation sites is 2. The number of halogens is 1. The number of ether oxygens (including phenoxy) is 1. The van der Waals surface area contributed by atoms with Gasteiger partial charge >= 0.3 is 5.97 Å². The van der Waals surface area contributed by atoms with Crippen molar-refractivity contribution >= 4 is 40.9 Å². The molecule has 184 valence electrons. The SMILES string of the molecule is Cc1cccc(Cl)c1Nc1ccccc1CC(=O)Oc1ccc(CN(C)CC(C)(C)SN=O)cc1. The Hall–Kier alpha value is -2.87. The third-order valence-corrected chi connectivity index (χ3v) is 6.39. The first-order valence-electron chi connectivity index (χ1n) is 11.3. The number of hydrogen-bond donors (Lipinski definition) is 1. The lowest BCUT2D eigenvalue weighted by Gasteiger charge is -2.26. The van der Waals surface area contributed by atoms with E-state index in [0.717, 1.165) is 40.0 Å². The summed E-state index contributed by atoms with van der Waals surface area (Å²) in [7, 11) is 2.00. The summed E-state index contributed by atoms with van der Waals surface area (Å²) in [6, 6.07) is 20.8. The molecule has 0 saturated heterocycles. The van der Waals surface area contributed by atoms with E-state index in [9.17, 15) is 9.70 Å². The monoisotopic (exact) mass is 511 g/mol. The van der Waals surface area contributed by atoms with Gasteiger partial charge in [-0.05, 0) is 68.8 Å². The molecule has 0 aliphatic heterocycles. The van der Waals surface area contributed by atoms with Crippen LogP contribution in [0.1, 0.15) is 30.5 Å². The molecule has 0 bridgehead atoms. The fourth-order valence-electron chi connectivity index (χ4n) is 3.85. The number of nitrogens with zero attached hydrogens (tertiary/aromatic N) is 2. The number of nitrogens with one attached hydrogen (secondary N) is 1. The first-order chi connectivity index (χ1) is 16.7. The number of aryl methyl sites for hydroxylation is 1. The summed E-state index contributed by atoms with van der Waals surface area (Å²) in [5.74, 6) is 0.148. The van der Waals surface area contributed by atoms with Crippen LogP contribution in [-0.4, -0.2) is 29.2 Å². The Kier molecular flexibility index (Phi) is 9.32. The number of esters is 1. The molecule has 0 atom stereocenters. The van der Waals surface area contributed by atoms with Crippen molar-refractivity contribution in [1.82, 2.24) is 4.90 Å². The second kappa shape index (κ2) is 12.2. The molecule has 0 fully saturated rings. The topological polar surface area (TPSA) is 71.0 Å². The number of benzene rings is 3. The van der Waals surface area contributed by atoms with Gasteiger partial charge in [0.1, 0.15) is 5.75 Å². The molecule has 35 heavy (non-hydrogen) atoms. The number of nitroso groups, excluding NO2 is 1. The quantitative estimate of drug-likeness (QED) is 0.127. The predicted molar refractivity (Wildman–Crippen MR) is 145 cm³/mol. The van der Waals surface area contributed by atoms with Crippen molar-refractivity contribution in [1.29, 1.82) is 0 Å². The Labute approximate surface area is 216 Å². The van der Waals surface area contributed by atoms with Gasteiger partial charge in [-0.1, -0.05) is 54.1 Å². The molecule has 0 aliphatic carbocycles. The van der Waals surface area contributed by atoms with Crippen molar-refractivity contribution in [2.45, 2.75) is 38.5 Å². The molecular formula is C27H30ClN3O3S. The average Bonchev–Trinajstić information content (AvgIpc) is 2.78. The molecule has 3 rings (SSSR count). The normalized spacial score (nSPS) is 11.4. The van der Waals surface area contributed by atoms with Crippen molar-refractivity contribution < 1.29 is 9.53 Å². The third kappa shape index (κ3) is 8.09. The maximum absolute atomic E-state index is 12.7. The maximum atomic E-state index is 12.7. The van der Waals surface area contributed by atoms with Crippen molar-refractivity contribution in [2.75, 3.05) is 18.9 Å². The molecule has 0 aromatic heterocycles. The fraction of sp³-hybridized carbons (Fsp3) is 0.296. The van der Waals surface area contributed by atoms with Crippen molar-refractivity contribution in [3.8, 4) is 5.75 Å². The van der Waals surface area contributed by atoms with Gasteiger partial charge in [-0.25, -0.2) is 0 Å². The van der Waals surface area contributed by atoms with Crippen LogP contribution in [0.25, 0.3) is 0 Å². The maximum Gasteiger partial charge on any atom is 0.315 e. The highest BCUT2D eigenvalue weighted by atomic mass is 35.5. The van der Waals surface area contributed by atoms with Crippen LogP contribution in [0.15, 0.2) is 71.3 Å². The molecular weight excluding hydrogens is 482 g/mol. The molecule has 0 radical (unpaired) electrons. The van der Waals surface area contributed by atoms with Gasteiger partial charge in [0.25, 0.3) is 0 Å². The van der Waals surface area contributed by atoms with Crippen molar-refractivity contribution in [3.63, 3.8) is 0 Å². The van der Waals surface area contributed by atoms with Crippen molar-refractivity contribution in [3.05, 3.63) is 93.4 Å². The highest BCUT2D eigenvalue weighted by Crippen LogP contribution is 2.30. The van der Waals surface area contributed by atoms with Crippen LogP contribution in [0.5, 0.6) is 5.75 Å². The average molecular weight is 512 g/mol. The predicted octanol–water partition coefficient (Wildman–Crippen LogP) is 7.17. The highest BCUT2D eigenvalue weighted by Gasteiger charge is 2.22. The number of carbonyl (C=O) groups excluding carboxylic acids is 1. The molecule has 0 aliphatic rings. The van der Waals surface area contributed by atoms with Gasteiger partial charge in [0.2, 0.25) is 0 Å². The summed E-state index contributed by atoms with van der Waals surface area (Å²) in [6.45, 7) is 7.37. The second-order valence-electron chi connectivity index (χ2n) is 9.11. The van der Waals surface area contributed by atoms with Crippen LogP contribution >= 0.6 is 23.5 Å². The first kappa shape index (κ1) is 26.7. The molecule has 3 aromatic carbocycles. The summed E-state index contributed by atoms with van der Waals surface area (Å²) < 4.78 is 8.28. The van der Waals surface area contributed by atoms with Gasteiger partial charge in [0.15, 0.2) is 0 Å². The van der Waals surface area contributed by atoms with E-state index in [-0.39, 0.29) is 17.1 Å². The Balaban J connectivity index is 1.60. The number of hydrogen-bond acceptors (Lipinski definition) is 7. The summed E-state index contributed by atoms with van der Waals surface area (Å²) in [6.07, 6.45) is 0.120. The summed E-state index contributed by atoms with van der Waals surface area (Å²) in [5, 5.41) is 3.98. The summed E-state index contributed by atoms with van der Waals surface area (Å²) in [4.78, 5) is 25.4. The molecule has 3 aromatic rings. The lowest BCUT2D eigenvalue weighted by Crippen LogP contribution is -2.33. The summed E-state index contributed by atoms with van der Waals surface area (Å²) >= 11 is 7.40. The molecule has 1 N–H and O–H groups in total. The third-order valence-electron chi connectivity index (χ3n) is 5.38. The Morgan fingerprint density at radius 1 is 1.09 bits per heavy atom. The van der Waals surface area contributed by atoms with Gasteiger partial charge in [-0.2, -0.15) is 0 Å². The number of rotatable bonds is 11. The van der Waals surface area contributed by atoms with Crippen LogP contribution in [0, 0.1) is 11.8 Å². The minimum absolute atomic E-state index is 0.120. The van der Waals surface area contributed by atoms with E-state index in [4.69, 9.17) is 16.3 Å². The molecule has 8 heteroatoms.